The van der Waals surface area contributed by atoms with E-state index in [4.69, 9.17) is 5.73 Å². The molecule has 3 rings (SSSR count). The standard InChI is InChI=1S/C15H24N4O/c1-10-8-14(16)18-15(17-10)19-7-6-13(20)12(9-19)11-4-2-3-5-11/h8,11-13,20H,2-7,9H2,1H3,(H2,16,17,18)/t12-,13+/m0/s1. The van der Waals surface area contributed by atoms with Crippen molar-refractivity contribution in [3.63, 3.8) is 0 Å². The lowest BCUT2D eigenvalue weighted by atomic mass is 9.82. The van der Waals surface area contributed by atoms with Gasteiger partial charge in [-0.05, 0) is 19.3 Å². The highest BCUT2D eigenvalue weighted by Crippen LogP contribution is 2.36. The van der Waals surface area contributed by atoms with Crippen molar-refractivity contribution in [3.8, 4) is 0 Å². The van der Waals surface area contributed by atoms with Crippen LogP contribution in [0.15, 0.2) is 6.07 Å². The molecule has 110 valence electrons. The van der Waals surface area contributed by atoms with E-state index in [-0.39, 0.29) is 6.10 Å². The molecule has 0 amide bonds. The van der Waals surface area contributed by atoms with Gasteiger partial charge in [-0.15, -0.1) is 0 Å². The minimum atomic E-state index is -0.170. The lowest BCUT2D eigenvalue weighted by Gasteiger charge is -2.39. The number of anilines is 2. The second-order valence-electron chi connectivity index (χ2n) is 6.24. The monoisotopic (exact) mass is 276 g/mol. The van der Waals surface area contributed by atoms with Crippen molar-refractivity contribution < 1.29 is 5.11 Å². The number of nitrogens with zero attached hydrogens (tertiary/aromatic N) is 3. The van der Waals surface area contributed by atoms with Crippen molar-refractivity contribution in [2.75, 3.05) is 23.7 Å². The summed E-state index contributed by atoms with van der Waals surface area (Å²) in [5.41, 5.74) is 6.72. The summed E-state index contributed by atoms with van der Waals surface area (Å²) in [7, 11) is 0. The van der Waals surface area contributed by atoms with Gasteiger partial charge in [-0.2, -0.15) is 4.98 Å². The van der Waals surface area contributed by atoms with Crippen LogP contribution in [0.2, 0.25) is 0 Å². The molecule has 2 fully saturated rings. The van der Waals surface area contributed by atoms with Crippen LogP contribution in [0.3, 0.4) is 0 Å². The van der Waals surface area contributed by atoms with Crippen molar-refractivity contribution in [2.45, 2.75) is 45.1 Å². The summed E-state index contributed by atoms with van der Waals surface area (Å²) in [6.45, 7) is 3.61. The van der Waals surface area contributed by atoms with Gasteiger partial charge >= 0.3 is 0 Å². The number of nitrogens with two attached hydrogens (primary N) is 1. The van der Waals surface area contributed by atoms with E-state index < -0.39 is 0 Å². The number of aliphatic hydroxyl groups is 1. The molecule has 0 unspecified atom stereocenters. The highest BCUT2D eigenvalue weighted by atomic mass is 16.3. The zero-order chi connectivity index (χ0) is 14.1. The first-order chi connectivity index (χ1) is 9.63. The highest BCUT2D eigenvalue weighted by molar-refractivity contribution is 5.40. The predicted octanol–water partition coefficient (Wildman–Crippen LogP) is 1.74. The van der Waals surface area contributed by atoms with Crippen LogP contribution in [0.1, 0.15) is 37.8 Å². The van der Waals surface area contributed by atoms with Crippen LogP contribution in [-0.2, 0) is 0 Å². The van der Waals surface area contributed by atoms with Crippen LogP contribution in [0.25, 0.3) is 0 Å². The first-order valence-electron chi connectivity index (χ1n) is 7.67. The Labute approximate surface area is 120 Å². The average molecular weight is 276 g/mol. The molecule has 1 aliphatic carbocycles. The third-order valence-corrected chi connectivity index (χ3v) is 4.77. The fraction of sp³-hybridized carbons (Fsp3) is 0.733. The van der Waals surface area contributed by atoms with Crippen molar-refractivity contribution in [1.29, 1.82) is 0 Å². The van der Waals surface area contributed by atoms with Gasteiger partial charge in [0.1, 0.15) is 5.82 Å². The summed E-state index contributed by atoms with van der Waals surface area (Å²) in [5.74, 6) is 2.26. The molecular formula is C15H24N4O. The summed E-state index contributed by atoms with van der Waals surface area (Å²) < 4.78 is 0. The maximum atomic E-state index is 10.3. The van der Waals surface area contributed by atoms with E-state index in [9.17, 15) is 5.11 Å². The number of aliphatic hydroxyl groups excluding tert-OH is 1. The molecule has 5 heteroatoms. The molecule has 0 spiro atoms. The molecule has 1 saturated heterocycles. The number of hydrogen-bond acceptors (Lipinski definition) is 5. The molecule has 5 nitrogen and oxygen atoms in total. The van der Waals surface area contributed by atoms with Gasteiger partial charge in [0, 0.05) is 30.8 Å². The summed E-state index contributed by atoms with van der Waals surface area (Å²) in [4.78, 5) is 11.0. The SMILES string of the molecule is Cc1cc(N)nc(N2CC[C@@H](O)[C@H](C3CCCC3)C2)n1. The lowest BCUT2D eigenvalue weighted by molar-refractivity contribution is 0.0559. The predicted molar refractivity (Wildman–Crippen MR) is 79.5 cm³/mol. The van der Waals surface area contributed by atoms with Crippen molar-refractivity contribution >= 4 is 11.8 Å². The molecule has 2 heterocycles. The Morgan fingerprint density at radius 2 is 2.00 bits per heavy atom. The number of piperidine rings is 1. The molecule has 1 saturated carbocycles. The van der Waals surface area contributed by atoms with E-state index >= 15 is 0 Å². The van der Waals surface area contributed by atoms with E-state index in [0.717, 1.165) is 31.2 Å². The number of aryl methyl sites for hydroxylation is 1. The van der Waals surface area contributed by atoms with Crippen LogP contribution in [0.4, 0.5) is 11.8 Å². The summed E-state index contributed by atoms with van der Waals surface area (Å²) >= 11 is 0. The number of hydrogen-bond donors (Lipinski definition) is 2. The van der Waals surface area contributed by atoms with Crippen LogP contribution in [0, 0.1) is 18.8 Å². The molecule has 1 aromatic heterocycles. The fourth-order valence-corrected chi connectivity index (χ4v) is 3.72. The number of aromatic nitrogens is 2. The quantitative estimate of drug-likeness (QED) is 0.860. The Morgan fingerprint density at radius 1 is 1.25 bits per heavy atom. The van der Waals surface area contributed by atoms with Crippen LogP contribution in [-0.4, -0.2) is 34.3 Å². The molecule has 2 aliphatic rings. The maximum Gasteiger partial charge on any atom is 0.227 e. The second-order valence-corrected chi connectivity index (χ2v) is 6.24. The van der Waals surface area contributed by atoms with E-state index in [0.29, 0.717) is 17.7 Å². The largest absolute Gasteiger partial charge is 0.393 e. The van der Waals surface area contributed by atoms with Gasteiger partial charge in [-0.3, -0.25) is 0 Å². The van der Waals surface area contributed by atoms with Gasteiger partial charge in [0.25, 0.3) is 0 Å². The van der Waals surface area contributed by atoms with Crippen molar-refractivity contribution in [2.24, 2.45) is 11.8 Å². The minimum absolute atomic E-state index is 0.170. The van der Waals surface area contributed by atoms with Gasteiger partial charge in [0.15, 0.2) is 0 Å². The fourth-order valence-electron chi connectivity index (χ4n) is 3.72. The molecule has 1 aromatic rings. The topological polar surface area (TPSA) is 75.3 Å². The molecule has 2 atom stereocenters. The van der Waals surface area contributed by atoms with E-state index in [2.05, 4.69) is 14.9 Å². The zero-order valence-corrected chi connectivity index (χ0v) is 12.1. The number of nitrogen functional groups attached to an aromatic ring is 1. The van der Waals surface area contributed by atoms with Crippen LogP contribution in [0.5, 0.6) is 0 Å². The summed E-state index contributed by atoms with van der Waals surface area (Å²) in [5, 5.41) is 10.3. The average Bonchev–Trinajstić information content (AvgIpc) is 2.92. The van der Waals surface area contributed by atoms with E-state index in [1.807, 2.05) is 6.92 Å². The van der Waals surface area contributed by atoms with Crippen LogP contribution < -0.4 is 10.6 Å². The Kier molecular flexibility index (Phi) is 3.78. The maximum absolute atomic E-state index is 10.3. The molecule has 0 radical (unpaired) electrons. The molecule has 0 aromatic carbocycles. The third kappa shape index (κ3) is 2.73. The van der Waals surface area contributed by atoms with Crippen molar-refractivity contribution in [3.05, 3.63) is 11.8 Å². The zero-order valence-electron chi connectivity index (χ0n) is 12.1. The summed E-state index contributed by atoms with van der Waals surface area (Å²) in [6.07, 6.45) is 5.76. The number of rotatable bonds is 2. The Morgan fingerprint density at radius 3 is 2.70 bits per heavy atom. The summed E-state index contributed by atoms with van der Waals surface area (Å²) in [6, 6.07) is 1.79. The van der Waals surface area contributed by atoms with Gasteiger partial charge in [-0.1, -0.05) is 25.7 Å². The molecule has 3 N–H and O–H groups in total. The lowest BCUT2D eigenvalue weighted by Crippen LogP contribution is -2.46. The second kappa shape index (κ2) is 5.56. The first-order valence-corrected chi connectivity index (χ1v) is 7.67. The van der Waals surface area contributed by atoms with Crippen LogP contribution >= 0.6 is 0 Å². The van der Waals surface area contributed by atoms with Gasteiger partial charge in [0.05, 0.1) is 6.10 Å². The van der Waals surface area contributed by atoms with Gasteiger partial charge in [-0.25, -0.2) is 4.98 Å². The molecule has 0 bridgehead atoms. The smallest absolute Gasteiger partial charge is 0.227 e. The Hall–Kier alpha value is -1.36. The highest BCUT2D eigenvalue weighted by Gasteiger charge is 2.35. The molecule has 20 heavy (non-hydrogen) atoms. The van der Waals surface area contributed by atoms with E-state index in [1.165, 1.54) is 25.7 Å². The first kappa shape index (κ1) is 13.6. The minimum Gasteiger partial charge on any atom is -0.393 e. The van der Waals surface area contributed by atoms with Crippen molar-refractivity contribution in [1.82, 2.24) is 9.97 Å². The molecular weight excluding hydrogens is 252 g/mol. The Bertz CT molecular complexity index is 453. The van der Waals surface area contributed by atoms with E-state index in [1.54, 1.807) is 6.07 Å². The van der Waals surface area contributed by atoms with Gasteiger partial charge < -0.3 is 15.7 Å². The van der Waals surface area contributed by atoms with Gasteiger partial charge in [0.2, 0.25) is 5.95 Å². The normalized spacial score (nSPS) is 28.0. The third-order valence-electron chi connectivity index (χ3n) is 4.77. The Balaban J connectivity index is 1.77. The molecule has 1 aliphatic heterocycles.